The molecule has 0 fully saturated rings. The third kappa shape index (κ3) is 4.49. The van der Waals surface area contributed by atoms with Crippen LogP contribution >= 0.6 is 21.0 Å². The van der Waals surface area contributed by atoms with Gasteiger partial charge in [-0.05, 0) is 28.8 Å². The summed E-state index contributed by atoms with van der Waals surface area (Å²) in [6, 6.07) is 17.6. The van der Waals surface area contributed by atoms with Crippen LogP contribution < -0.4 is 9.05 Å². The lowest BCUT2D eigenvalue weighted by atomic mass is 10.3. The Morgan fingerprint density at radius 1 is 0.722 bits per heavy atom. The van der Waals surface area contributed by atoms with Gasteiger partial charge in [-0.2, -0.15) is 0 Å². The van der Waals surface area contributed by atoms with Crippen molar-refractivity contribution in [3.63, 3.8) is 0 Å². The third-order valence-corrected chi connectivity index (χ3v) is 2.74. The van der Waals surface area contributed by atoms with Gasteiger partial charge in [-0.25, -0.2) is 0 Å². The number of rotatable bonds is 5. The second-order valence-corrected chi connectivity index (χ2v) is 4.05. The maximum atomic E-state index is 12.3. The smallest absolute Gasteiger partial charge is 0.416 e. The van der Waals surface area contributed by atoms with Crippen molar-refractivity contribution >= 4 is 21.0 Å². The van der Waals surface area contributed by atoms with Gasteiger partial charge in [-0.15, -0.1) is 12.4 Å². The second kappa shape index (κ2) is 7.88. The molecular formula is C12H11ClFO3P. The molecule has 0 aromatic heterocycles. The van der Waals surface area contributed by atoms with Crippen molar-refractivity contribution in [3.8, 4) is 11.5 Å². The number of para-hydroxylation sites is 2. The normalized spacial score (nSPS) is 9.67. The molecule has 0 heterocycles. The average molecular weight is 289 g/mol. The SMILES string of the molecule is Cl.FOP(Oc1ccccc1)Oc1ccccc1. The van der Waals surface area contributed by atoms with E-state index in [2.05, 4.69) is 4.73 Å². The molecule has 0 aliphatic heterocycles. The molecule has 2 rings (SSSR count). The summed E-state index contributed by atoms with van der Waals surface area (Å²) >= 11 is 0. The van der Waals surface area contributed by atoms with Crippen LogP contribution in [0.2, 0.25) is 0 Å². The van der Waals surface area contributed by atoms with E-state index in [9.17, 15) is 4.53 Å². The monoisotopic (exact) mass is 288 g/mol. The molecule has 2 aromatic carbocycles. The van der Waals surface area contributed by atoms with Crippen LogP contribution in [0.3, 0.4) is 0 Å². The van der Waals surface area contributed by atoms with E-state index in [1.165, 1.54) is 0 Å². The van der Waals surface area contributed by atoms with E-state index in [0.29, 0.717) is 11.5 Å². The number of halogens is 2. The van der Waals surface area contributed by atoms with Gasteiger partial charge in [0.15, 0.2) is 0 Å². The van der Waals surface area contributed by atoms with Crippen molar-refractivity contribution in [1.82, 2.24) is 0 Å². The predicted octanol–water partition coefficient (Wildman–Crippen LogP) is 4.69. The molecule has 0 unspecified atom stereocenters. The van der Waals surface area contributed by atoms with Gasteiger partial charge in [-0.1, -0.05) is 41.1 Å². The standard InChI is InChI=1S/C12H10FO3P.ClH/c13-16-17(14-11-7-3-1-4-8-11)15-12-9-5-2-6-10-12;/h1-10H;1H. The first-order valence-electron chi connectivity index (χ1n) is 4.93. The molecule has 0 saturated carbocycles. The molecule has 0 saturated heterocycles. The largest absolute Gasteiger partial charge is 0.497 e. The quantitative estimate of drug-likeness (QED) is 0.747. The number of benzene rings is 2. The molecule has 0 amide bonds. The fraction of sp³-hybridized carbons (Fsp3) is 0. The Morgan fingerprint density at radius 2 is 1.11 bits per heavy atom. The summed E-state index contributed by atoms with van der Waals surface area (Å²) in [4.78, 5) is 0. The summed E-state index contributed by atoms with van der Waals surface area (Å²) in [5, 5.41) is 0. The molecule has 2 aromatic rings. The molecule has 3 nitrogen and oxygen atoms in total. The van der Waals surface area contributed by atoms with Crippen LogP contribution in [0.5, 0.6) is 11.5 Å². The minimum absolute atomic E-state index is 0. The number of hydrogen-bond acceptors (Lipinski definition) is 3. The summed E-state index contributed by atoms with van der Waals surface area (Å²) in [7, 11) is -2.08. The molecule has 0 radical (unpaired) electrons. The molecule has 0 N–H and O–H groups in total. The van der Waals surface area contributed by atoms with Crippen LogP contribution in [0, 0.1) is 0 Å². The van der Waals surface area contributed by atoms with Gasteiger partial charge in [0.2, 0.25) is 0 Å². The highest BCUT2D eigenvalue weighted by Gasteiger charge is 2.17. The summed E-state index contributed by atoms with van der Waals surface area (Å²) in [5.41, 5.74) is 0. The van der Waals surface area contributed by atoms with Crippen molar-refractivity contribution in [2.75, 3.05) is 0 Å². The summed E-state index contributed by atoms with van der Waals surface area (Å²) < 4.78 is 26.4. The van der Waals surface area contributed by atoms with E-state index in [1.54, 1.807) is 48.5 Å². The Bertz CT molecular complexity index is 402. The molecular weight excluding hydrogens is 278 g/mol. The molecule has 0 bridgehead atoms. The lowest BCUT2D eigenvalue weighted by Gasteiger charge is -2.12. The zero-order valence-corrected chi connectivity index (χ0v) is 10.9. The third-order valence-electron chi connectivity index (χ3n) is 1.90. The van der Waals surface area contributed by atoms with E-state index < -0.39 is 8.60 Å². The fourth-order valence-corrected chi connectivity index (χ4v) is 1.86. The van der Waals surface area contributed by atoms with Crippen LogP contribution in [-0.2, 0) is 4.73 Å². The lowest BCUT2D eigenvalue weighted by molar-refractivity contribution is -0.0157. The van der Waals surface area contributed by atoms with E-state index in [1.807, 2.05) is 12.1 Å². The highest BCUT2D eigenvalue weighted by molar-refractivity contribution is 7.42. The van der Waals surface area contributed by atoms with Crippen molar-refractivity contribution in [1.29, 1.82) is 0 Å². The first kappa shape index (κ1) is 14.7. The Balaban J connectivity index is 0.00000162. The highest BCUT2D eigenvalue weighted by Crippen LogP contribution is 2.41. The maximum absolute atomic E-state index is 12.3. The first-order valence-corrected chi connectivity index (χ1v) is 6.03. The van der Waals surface area contributed by atoms with Crippen LogP contribution in [0.25, 0.3) is 0 Å². The fourth-order valence-electron chi connectivity index (χ4n) is 1.18. The Hall–Kier alpha value is -1.35. The molecule has 6 heteroatoms. The van der Waals surface area contributed by atoms with E-state index in [-0.39, 0.29) is 12.4 Å². The zero-order chi connectivity index (χ0) is 11.9. The van der Waals surface area contributed by atoms with Gasteiger partial charge in [0.1, 0.15) is 11.5 Å². The molecule has 0 aliphatic rings. The Morgan fingerprint density at radius 3 is 1.44 bits per heavy atom. The summed E-state index contributed by atoms with van der Waals surface area (Å²) in [6.45, 7) is 0. The zero-order valence-electron chi connectivity index (χ0n) is 9.23. The van der Waals surface area contributed by atoms with Crippen molar-refractivity contribution in [3.05, 3.63) is 60.7 Å². The predicted molar refractivity (Wildman–Crippen MR) is 70.5 cm³/mol. The van der Waals surface area contributed by atoms with Crippen LogP contribution in [-0.4, -0.2) is 0 Å². The Kier molecular flexibility index (Phi) is 6.44. The maximum Gasteiger partial charge on any atom is 0.497 e. The molecule has 0 atom stereocenters. The Labute approximate surface area is 112 Å². The van der Waals surface area contributed by atoms with Gasteiger partial charge in [0.05, 0.1) is 0 Å². The van der Waals surface area contributed by atoms with Gasteiger partial charge < -0.3 is 9.05 Å². The van der Waals surface area contributed by atoms with Crippen LogP contribution in [0.4, 0.5) is 4.53 Å². The molecule has 96 valence electrons. The van der Waals surface area contributed by atoms with Crippen molar-refractivity contribution in [2.24, 2.45) is 0 Å². The summed E-state index contributed by atoms with van der Waals surface area (Å²) in [6.07, 6.45) is 0. The second-order valence-electron chi connectivity index (χ2n) is 3.10. The van der Waals surface area contributed by atoms with Crippen LogP contribution in [0.1, 0.15) is 0 Å². The molecule has 0 aliphatic carbocycles. The van der Waals surface area contributed by atoms with E-state index in [4.69, 9.17) is 9.05 Å². The van der Waals surface area contributed by atoms with Crippen molar-refractivity contribution < 1.29 is 18.3 Å². The van der Waals surface area contributed by atoms with Crippen molar-refractivity contribution in [2.45, 2.75) is 0 Å². The van der Waals surface area contributed by atoms with Crippen LogP contribution in [0.15, 0.2) is 60.7 Å². The van der Waals surface area contributed by atoms with E-state index >= 15 is 0 Å². The lowest BCUT2D eigenvalue weighted by Crippen LogP contribution is -1.95. The van der Waals surface area contributed by atoms with Gasteiger partial charge >= 0.3 is 8.60 Å². The summed E-state index contributed by atoms with van der Waals surface area (Å²) in [5.74, 6) is 0.986. The average Bonchev–Trinajstić information content (AvgIpc) is 2.40. The van der Waals surface area contributed by atoms with Gasteiger partial charge in [0, 0.05) is 0 Å². The van der Waals surface area contributed by atoms with Gasteiger partial charge in [-0.3, -0.25) is 0 Å². The number of hydrogen-bond donors (Lipinski definition) is 0. The molecule has 0 spiro atoms. The minimum Gasteiger partial charge on any atom is -0.416 e. The van der Waals surface area contributed by atoms with Gasteiger partial charge in [0.25, 0.3) is 0 Å². The molecule has 18 heavy (non-hydrogen) atoms. The topological polar surface area (TPSA) is 27.7 Å². The highest BCUT2D eigenvalue weighted by atomic mass is 35.5. The van der Waals surface area contributed by atoms with E-state index in [0.717, 1.165) is 0 Å². The first-order chi connectivity index (χ1) is 8.38. The minimum atomic E-state index is -2.08.